The Morgan fingerprint density at radius 1 is 1.38 bits per heavy atom. The third kappa shape index (κ3) is 5.20. The number of nitrogens with zero attached hydrogens (tertiary/aromatic N) is 2. The molecule has 9 heteroatoms. The first-order chi connectivity index (χ1) is 11.5. The number of likely N-dealkylation sites (N-methyl/N-ethyl adjacent to an activating group) is 1. The lowest BCUT2D eigenvalue weighted by molar-refractivity contribution is -0.133. The van der Waals surface area contributed by atoms with Gasteiger partial charge in [0, 0.05) is 26.1 Å². The highest BCUT2D eigenvalue weighted by atomic mass is 32.1. The maximum atomic E-state index is 12.0. The second-order valence-corrected chi connectivity index (χ2v) is 6.05. The highest BCUT2D eigenvalue weighted by molar-refractivity contribution is 7.12. The fourth-order valence-corrected chi connectivity index (χ4v) is 2.52. The molecule has 0 aliphatic heterocycles. The quantitative estimate of drug-likeness (QED) is 0.782. The van der Waals surface area contributed by atoms with Gasteiger partial charge in [-0.25, -0.2) is 0 Å². The predicted molar refractivity (Wildman–Crippen MR) is 88.8 cm³/mol. The van der Waals surface area contributed by atoms with E-state index in [1.807, 2.05) is 5.38 Å². The van der Waals surface area contributed by atoms with E-state index in [0.29, 0.717) is 16.5 Å². The number of nitrogens with one attached hydrogen (secondary N) is 2. The van der Waals surface area contributed by atoms with Crippen LogP contribution in [-0.2, 0) is 9.59 Å². The molecule has 0 saturated heterocycles. The Morgan fingerprint density at radius 3 is 2.79 bits per heavy atom. The SMILES string of the molecule is Cc1cc(NC(=O)CN(C)C(=O)CCNC(=O)c2cccs2)no1. The normalized spacial score (nSPS) is 10.2. The summed E-state index contributed by atoms with van der Waals surface area (Å²) in [4.78, 5) is 37.4. The van der Waals surface area contributed by atoms with Crippen LogP contribution in [0, 0.1) is 6.92 Å². The lowest BCUT2D eigenvalue weighted by Gasteiger charge is -2.16. The molecule has 24 heavy (non-hydrogen) atoms. The van der Waals surface area contributed by atoms with Gasteiger partial charge in [-0.2, -0.15) is 0 Å². The van der Waals surface area contributed by atoms with Crippen LogP contribution in [0.5, 0.6) is 0 Å². The topological polar surface area (TPSA) is 105 Å². The monoisotopic (exact) mass is 350 g/mol. The van der Waals surface area contributed by atoms with Gasteiger partial charge in [-0.3, -0.25) is 14.4 Å². The molecule has 0 spiro atoms. The number of aromatic nitrogens is 1. The predicted octanol–water partition coefficient (Wildman–Crippen LogP) is 1.26. The summed E-state index contributed by atoms with van der Waals surface area (Å²) < 4.78 is 4.84. The zero-order valence-electron chi connectivity index (χ0n) is 13.4. The molecule has 0 aromatic carbocycles. The summed E-state index contributed by atoms with van der Waals surface area (Å²) in [5.74, 6) is 0.0621. The Morgan fingerprint density at radius 2 is 2.17 bits per heavy atom. The molecule has 2 aromatic rings. The van der Waals surface area contributed by atoms with E-state index in [0.717, 1.165) is 0 Å². The van der Waals surface area contributed by atoms with Gasteiger partial charge in [-0.1, -0.05) is 11.2 Å². The Bertz CT molecular complexity index is 711. The molecule has 0 aliphatic rings. The molecule has 2 aromatic heterocycles. The third-order valence-corrected chi connectivity index (χ3v) is 3.94. The highest BCUT2D eigenvalue weighted by Crippen LogP contribution is 2.08. The van der Waals surface area contributed by atoms with Crippen LogP contribution in [0.4, 0.5) is 5.82 Å². The van der Waals surface area contributed by atoms with Crippen molar-refractivity contribution in [1.29, 1.82) is 0 Å². The molecular weight excluding hydrogens is 332 g/mol. The van der Waals surface area contributed by atoms with Gasteiger partial charge in [-0.05, 0) is 18.4 Å². The third-order valence-electron chi connectivity index (χ3n) is 3.07. The minimum atomic E-state index is -0.373. The van der Waals surface area contributed by atoms with Crippen molar-refractivity contribution in [2.24, 2.45) is 0 Å². The first-order valence-corrected chi connectivity index (χ1v) is 8.12. The van der Waals surface area contributed by atoms with Gasteiger partial charge in [0.2, 0.25) is 11.8 Å². The molecule has 0 bridgehead atoms. The standard InChI is InChI=1S/C15H18N4O4S/c1-10-8-12(18-23-10)17-13(20)9-19(2)14(21)5-6-16-15(22)11-4-3-7-24-11/h3-4,7-8H,5-6,9H2,1-2H3,(H,16,22)(H,17,18,20). The summed E-state index contributed by atoms with van der Waals surface area (Å²) >= 11 is 1.33. The molecule has 0 fully saturated rings. The van der Waals surface area contributed by atoms with Crippen molar-refractivity contribution in [1.82, 2.24) is 15.4 Å². The van der Waals surface area contributed by atoms with E-state index >= 15 is 0 Å². The smallest absolute Gasteiger partial charge is 0.261 e. The Balaban J connectivity index is 1.69. The van der Waals surface area contributed by atoms with E-state index in [4.69, 9.17) is 4.52 Å². The lowest BCUT2D eigenvalue weighted by Crippen LogP contribution is -2.37. The van der Waals surface area contributed by atoms with Gasteiger partial charge in [-0.15, -0.1) is 11.3 Å². The molecule has 2 rings (SSSR count). The number of amides is 3. The number of rotatable bonds is 7. The largest absolute Gasteiger partial charge is 0.360 e. The minimum absolute atomic E-state index is 0.108. The van der Waals surface area contributed by atoms with Gasteiger partial charge in [0.05, 0.1) is 11.4 Å². The molecule has 8 nitrogen and oxygen atoms in total. The van der Waals surface area contributed by atoms with Crippen LogP contribution in [0.3, 0.4) is 0 Å². The Labute approximate surface area is 142 Å². The number of anilines is 1. The summed E-state index contributed by atoms with van der Waals surface area (Å²) in [7, 11) is 1.52. The van der Waals surface area contributed by atoms with Crippen LogP contribution >= 0.6 is 11.3 Å². The zero-order valence-corrected chi connectivity index (χ0v) is 14.2. The molecule has 0 radical (unpaired) electrons. The van der Waals surface area contributed by atoms with Gasteiger partial charge >= 0.3 is 0 Å². The fraction of sp³-hybridized carbons (Fsp3) is 0.333. The van der Waals surface area contributed by atoms with Crippen molar-refractivity contribution in [3.05, 3.63) is 34.2 Å². The summed E-state index contributed by atoms with van der Waals surface area (Å²) in [6.45, 7) is 1.82. The molecular formula is C15H18N4O4S. The molecule has 3 amide bonds. The Hall–Kier alpha value is -2.68. The summed E-state index contributed by atoms with van der Waals surface area (Å²) in [6, 6.07) is 5.08. The first-order valence-electron chi connectivity index (χ1n) is 7.24. The van der Waals surface area contributed by atoms with Gasteiger partial charge in [0.1, 0.15) is 5.76 Å². The molecule has 0 unspecified atom stereocenters. The maximum absolute atomic E-state index is 12.0. The van der Waals surface area contributed by atoms with Gasteiger partial charge in [0.15, 0.2) is 5.82 Å². The average molecular weight is 350 g/mol. The van der Waals surface area contributed by atoms with Crippen molar-refractivity contribution < 1.29 is 18.9 Å². The lowest BCUT2D eigenvalue weighted by atomic mass is 10.3. The van der Waals surface area contributed by atoms with E-state index in [1.54, 1.807) is 25.1 Å². The summed E-state index contributed by atoms with van der Waals surface area (Å²) in [5, 5.41) is 10.7. The van der Waals surface area contributed by atoms with E-state index in [1.165, 1.54) is 23.3 Å². The van der Waals surface area contributed by atoms with E-state index < -0.39 is 0 Å². The second kappa shape index (κ2) is 8.25. The molecule has 128 valence electrons. The van der Waals surface area contributed by atoms with Crippen LogP contribution in [0.1, 0.15) is 21.9 Å². The van der Waals surface area contributed by atoms with Crippen molar-refractivity contribution >= 4 is 34.9 Å². The summed E-state index contributed by atoms with van der Waals surface area (Å²) in [5.41, 5.74) is 0. The van der Waals surface area contributed by atoms with Crippen LogP contribution < -0.4 is 10.6 Å². The van der Waals surface area contributed by atoms with Crippen LogP contribution in [0.15, 0.2) is 28.1 Å². The number of aryl methyl sites for hydroxylation is 1. The highest BCUT2D eigenvalue weighted by Gasteiger charge is 2.14. The van der Waals surface area contributed by atoms with Crippen LogP contribution in [-0.4, -0.2) is 47.9 Å². The Kier molecular flexibility index (Phi) is 6.07. The molecule has 0 atom stereocenters. The fourth-order valence-electron chi connectivity index (χ4n) is 1.88. The van der Waals surface area contributed by atoms with Crippen molar-refractivity contribution in [3.63, 3.8) is 0 Å². The van der Waals surface area contributed by atoms with Gasteiger partial charge in [0.25, 0.3) is 5.91 Å². The minimum Gasteiger partial charge on any atom is -0.360 e. The number of carbonyl (C=O) groups excluding carboxylic acids is 3. The van der Waals surface area contributed by atoms with Crippen molar-refractivity contribution in [2.45, 2.75) is 13.3 Å². The number of thiophene rings is 1. The zero-order chi connectivity index (χ0) is 17.5. The van der Waals surface area contributed by atoms with E-state index in [2.05, 4.69) is 15.8 Å². The average Bonchev–Trinajstić information content (AvgIpc) is 3.18. The van der Waals surface area contributed by atoms with E-state index in [9.17, 15) is 14.4 Å². The summed E-state index contributed by atoms with van der Waals surface area (Å²) in [6.07, 6.45) is 0.115. The molecule has 0 aliphatic carbocycles. The van der Waals surface area contributed by atoms with Crippen molar-refractivity contribution in [3.8, 4) is 0 Å². The number of hydrogen-bond donors (Lipinski definition) is 2. The molecule has 2 N–H and O–H groups in total. The second-order valence-electron chi connectivity index (χ2n) is 5.10. The van der Waals surface area contributed by atoms with Crippen molar-refractivity contribution in [2.75, 3.05) is 25.5 Å². The van der Waals surface area contributed by atoms with Crippen LogP contribution in [0.2, 0.25) is 0 Å². The molecule has 2 heterocycles. The number of hydrogen-bond acceptors (Lipinski definition) is 6. The maximum Gasteiger partial charge on any atom is 0.261 e. The first kappa shape index (κ1) is 17.7. The molecule has 0 saturated carbocycles. The van der Waals surface area contributed by atoms with Crippen LogP contribution in [0.25, 0.3) is 0 Å². The van der Waals surface area contributed by atoms with Gasteiger partial charge < -0.3 is 20.1 Å². The number of carbonyl (C=O) groups is 3. The van der Waals surface area contributed by atoms with E-state index in [-0.39, 0.29) is 37.2 Å².